The van der Waals surface area contributed by atoms with E-state index in [0.29, 0.717) is 5.75 Å². The average Bonchev–Trinajstić information content (AvgIpc) is 2.09. The number of hydrogen-bond acceptors (Lipinski definition) is 1. The third-order valence-corrected chi connectivity index (χ3v) is 1.60. The van der Waals surface area contributed by atoms with Crippen molar-refractivity contribution >= 4 is 0 Å². The molecule has 1 aromatic rings. The predicted octanol–water partition coefficient (Wildman–Crippen LogP) is 2.68. The summed E-state index contributed by atoms with van der Waals surface area (Å²) < 4.78 is 0. The molecule has 0 saturated heterocycles. The summed E-state index contributed by atoms with van der Waals surface area (Å²) in [6.07, 6.45) is 6.30. The van der Waals surface area contributed by atoms with E-state index < -0.39 is 0 Å². The highest BCUT2D eigenvalue weighted by molar-refractivity contribution is 5.33. The Hall–Kier alpha value is -1.50. The molecule has 0 aliphatic heterocycles. The van der Waals surface area contributed by atoms with E-state index >= 15 is 0 Å². The normalized spacial score (nSPS) is 10.3. The van der Waals surface area contributed by atoms with Gasteiger partial charge in [-0.1, -0.05) is 43.0 Å². The second-order valence-corrected chi connectivity index (χ2v) is 2.50. The molecule has 0 fully saturated rings. The van der Waals surface area contributed by atoms with Gasteiger partial charge >= 0.3 is 0 Å². The van der Waals surface area contributed by atoms with Crippen LogP contribution in [0.25, 0.3) is 0 Å². The van der Waals surface area contributed by atoms with Crippen LogP contribution in [0, 0.1) is 0 Å². The number of phenolic OH excluding ortho intramolecular Hbond substituents is 1. The lowest BCUT2D eigenvalue weighted by Gasteiger charge is -1.98. The molecular formula is C11H12O. The Morgan fingerprint density at radius 1 is 1.33 bits per heavy atom. The van der Waals surface area contributed by atoms with E-state index in [1.807, 2.05) is 30.4 Å². The Bertz CT molecular complexity index is 287. The first-order chi connectivity index (χ1) is 5.84. The lowest BCUT2D eigenvalue weighted by molar-refractivity contribution is 0.470. The maximum absolute atomic E-state index is 9.35. The van der Waals surface area contributed by atoms with Crippen molar-refractivity contribution in [1.82, 2.24) is 0 Å². The summed E-state index contributed by atoms with van der Waals surface area (Å²) in [5.74, 6) is 0.353. The number of allylic oxidation sites excluding steroid dienone is 3. The highest BCUT2D eigenvalue weighted by atomic mass is 16.3. The minimum Gasteiger partial charge on any atom is -0.508 e. The molecular weight excluding hydrogens is 148 g/mol. The van der Waals surface area contributed by atoms with Gasteiger partial charge in [0.05, 0.1) is 0 Å². The topological polar surface area (TPSA) is 20.2 Å². The van der Waals surface area contributed by atoms with Crippen molar-refractivity contribution in [3.05, 3.63) is 54.6 Å². The van der Waals surface area contributed by atoms with E-state index in [1.165, 1.54) is 0 Å². The molecule has 0 aromatic heterocycles. The SMILES string of the molecule is C=C/C=C\Cc1ccccc1O. The lowest BCUT2D eigenvalue weighted by Crippen LogP contribution is -1.80. The van der Waals surface area contributed by atoms with Crippen LogP contribution in [0.4, 0.5) is 0 Å². The Morgan fingerprint density at radius 3 is 2.75 bits per heavy atom. The highest BCUT2D eigenvalue weighted by Gasteiger charge is 1.94. The summed E-state index contributed by atoms with van der Waals surface area (Å²) in [5, 5.41) is 9.35. The summed E-state index contributed by atoms with van der Waals surface area (Å²) in [6.45, 7) is 3.56. The molecule has 0 aliphatic rings. The molecule has 0 amide bonds. The second-order valence-electron chi connectivity index (χ2n) is 2.50. The molecule has 0 heterocycles. The predicted molar refractivity (Wildman–Crippen MR) is 51.1 cm³/mol. The quantitative estimate of drug-likeness (QED) is 0.674. The molecule has 12 heavy (non-hydrogen) atoms. The Balaban J connectivity index is 2.69. The number of aromatic hydroxyl groups is 1. The molecule has 0 unspecified atom stereocenters. The maximum atomic E-state index is 9.35. The van der Waals surface area contributed by atoms with E-state index in [4.69, 9.17) is 0 Å². The largest absolute Gasteiger partial charge is 0.508 e. The van der Waals surface area contributed by atoms with Gasteiger partial charge in [-0.05, 0) is 18.1 Å². The van der Waals surface area contributed by atoms with Gasteiger partial charge in [-0.3, -0.25) is 0 Å². The van der Waals surface area contributed by atoms with Crippen LogP contribution in [0.1, 0.15) is 5.56 Å². The molecule has 62 valence electrons. The van der Waals surface area contributed by atoms with Gasteiger partial charge in [0, 0.05) is 0 Å². The van der Waals surface area contributed by atoms with Gasteiger partial charge in [-0.25, -0.2) is 0 Å². The van der Waals surface area contributed by atoms with Gasteiger partial charge in [-0.15, -0.1) is 0 Å². The summed E-state index contributed by atoms with van der Waals surface area (Å²) >= 11 is 0. The fraction of sp³-hybridized carbons (Fsp3) is 0.0909. The fourth-order valence-electron chi connectivity index (χ4n) is 0.975. The van der Waals surface area contributed by atoms with Crippen molar-refractivity contribution in [1.29, 1.82) is 0 Å². The Kier molecular flexibility index (Phi) is 3.15. The van der Waals surface area contributed by atoms with Crippen molar-refractivity contribution in [3.8, 4) is 5.75 Å². The summed E-state index contributed by atoms with van der Waals surface area (Å²) in [5.41, 5.74) is 0.940. The minimum absolute atomic E-state index is 0.353. The third-order valence-electron chi connectivity index (χ3n) is 1.60. The molecule has 1 rings (SSSR count). The number of benzene rings is 1. The molecule has 0 atom stereocenters. The zero-order valence-electron chi connectivity index (χ0n) is 6.90. The minimum atomic E-state index is 0.353. The third kappa shape index (κ3) is 2.27. The van der Waals surface area contributed by atoms with Crippen molar-refractivity contribution in [2.75, 3.05) is 0 Å². The summed E-state index contributed by atoms with van der Waals surface area (Å²) in [4.78, 5) is 0. The maximum Gasteiger partial charge on any atom is 0.119 e. The highest BCUT2D eigenvalue weighted by Crippen LogP contribution is 2.15. The number of hydrogen-bond donors (Lipinski definition) is 1. The zero-order chi connectivity index (χ0) is 8.81. The number of phenols is 1. The molecule has 0 saturated carbocycles. The number of para-hydroxylation sites is 1. The molecule has 0 bridgehead atoms. The zero-order valence-corrected chi connectivity index (χ0v) is 6.90. The first-order valence-corrected chi connectivity index (χ1v) is 3.89. The van der Waals surface area contributed by atoms with Crippen molar-refractivity contribution in [3.63, 3.8) is 0 Å². The van der Waals surface area contributed by atoms with Crippen LogP contribution in [0.2, 0.25) is 0 Å². The van der Waals surface area contributed by atoms with Crippen molar-refractivity contribution < 1.29 is 5.11 Å². The molecule has 1 heteroatoms. The first kappa shape index (κ1) is 8.60. The smallest absolute Gasteiger partial charge is 0.119 e. The van der Waals surface area contributed by atoms with Gasteiger partial charge < -0.3 is 5.11 Å². The van der Waals surface area contributed by atoms with Crippen LogP contribution in [0.15, 0.2) is 49.1 Å². The molecule has 0 radical (unpaired) electrons. The van der Waals surface area contributed by atoms with Crippen LogP contribution >= 0.6 is 0 Å². The Morgan fingerprint density at radius 2 is 2.08 bits per heavy atom. The van der Waals surface area contributed by atoms with Gasteiger partial charge in [-0.2, -0.15) is 0 Å². The summed E-state index contributed by atoms with van der Waals surface area (Å²) in [6, 6.07) is 7.33. The van der Waals surface area contributed by atoms with E-state index in [2.05, 4.69) is 6.58 Å². The molecule has 1 nitrogen and oxygen atoms in total. The van der Waals surface area contributed by atoms with Crippen LogP contribution < -0.4 is 0 Å². The lowest BCUT2D eigenvalue weighted by atomic mass is 10.1. The Labute approximate surface area is 72.7 Å². The van der Waals surface area contributed by atoms with E-state index in [-0.39, 0.29) is 0 Å². The molecule has 0 aliphatic carbocycles. The van der Waals surface area contributed by atoms with Crippen LogP contribution in [0.3, 0.4) is 0 Å². The summed E-state index contributed by atoms with van der Waals surface area (Å²) in [7, 11) is 0. The van der Waals surface area contributed by atoms with E-state index in [9.17, 15) is 5.11 Å². The number of rotatable bonds is 3. The van der Waals surface area contributed by atoms with Crippen molar-refractivity contribution in [2.24, 2.45) is 0 Å². The molecule has 0 spiro atoms. The first-order valence-electron chi connectivity index (χ1n) is 3.89. The monoisotopic (exact) mass is 160 g/mol. The standard InChI is InChI=1S/C11H12O/c1-2-3-4-7-10-8-5-6-9-11(10)12/h2-6,8-9,12H,1,7H2/b4-3-. The van der Waals surface area contributed by atoms with Crippen LogP contribution in [0.5, 0.6) is 5.75 Å². The second kappa shape index (κ2) is 4.39. The van der Waals surface area contributed by atoms with Crippen LogP contribution in [-0.4, -0.2) is 5.11 Å². The van der Waals surface area contributed by atoms with Crippen LogP contribution in [-0.2, 0) is 6.42 Å². The molecule has 1 N–H and O–H groups in total. The van der Waals surface area contributed by atoms with Gasteiger partial charge in [0.1, 0.15) is 5.75 Å². The fourth-order valence-corrected chi connectivity index (χ4v) is 0.975. The van der Waals surface area contributed by atoms with Gasteiger partial charge in [0.25, 0.3) is 0 Å². The van der Waals surface area contributed by atoms with Gasteiger partial charge in [0.2, 0.25) is 0 Å². The average molecular weight is 160 g/mol. The van der Waals surface area contributed by atoms with Gasteiger partial charge in [0.15, 0.2) is 0 Å². The van der Waals surface area contributed by atoms with Crippen molar-refractivity contribution in [2.45, 2.75) is 6.42 Å². The van der Waals surface area contributed by atoms with E-state index in [1.54, 1.807) is 12.1 Å². The molecule has 1 aromatic carbocycles. The van der Waals surface area contributed by atoms with E-state index in [0.717, 1.165) is 12.0 Å².